The van der Waals surface area contributed by atoms with E-state index >= 15 is 0 Å². The molecule has 0 saturated heterocycles. The Labute approximate surface area is 94.1 Å². The molecule has 0 aliphatic rings. The van der Waals surface area contributed by atoms with Crippen molar-refractivity contribution in [2.75, 3.05) is 6.61 Å². The van der Waals surface area contributed by atoms with Gasteiger partial charge in [0.15, 0.2) is 5.05 Å². The maximum Gasteiger partial charge on any atom is 0.238 e. The van der Waals surface area contributed by atoms with E-state index in [1.165, 1.54) is 12.1 Å². The van der Waals surface area contributed by atoms with Crippen molar-refractivity contribution in [3.8, 4) is 0 Å². The molecule has 1 aromatic rings. The number of benzene rings is 1. The molecule has 6 heteroatoms. The highest BCUT2D eigenvalue weighted by Crippen LogP contribution is 2.10. The maximum atomic E-state index is 11.0. The van der Waals surface area contributed by atoms with Crippen LogP contribution in [0.15, 0.2) is 29.2 Å². The van der Waals surface area contributed by atoms with Crippen LogP contribution in [0.2, 0.25) is 0 Å². The maximum absolute atomic E-state index is 11.0. The molecule has 0 aromatic heterocycles. The third kappa shape index (κ3) is 3.26. The fraction of sp³-hybridized carbons (Fsp3) is 0.222. The molecular weight excluding hydrogens is 234 g/mol. The summed E-state index contributed by atoms with van der Waals surface area (Å²) in [5.74, 6) is 0. The molecule has 1 rings (SSSR count). The Bertz CT molecular complexity index is 451. The lowest BCUT2D eigenvalue weighted by Crippen LogP contribution is -2.12. The molecule has 0 spiro atoms. The van der Waals surface area contributed by atoms with Crippen LogP contribution in [-0.2, 0) is 14.8 Å². The van der Waals surface area contributed by atoms with Crippen LogP contribution in [0, 0.1) is 0 Å². The number of hydrogen-bond donors (Lipinski definition) is 1. The molecule has 0 amide bonds. The molecule has 0 unspecified atom stereocenters. The molecule has 82 valence electrons. The topological polar surface area (TPSA) is 69.4 Å². The summed E-state index contributed by atoms with van der Waals surface area (Å²) in [6.45, 7) is 2.31. The van der Waals surface area contributed by atoms with Crippen LogP contribution in [0.3, 0.4) is 0 Å². The van der Waals surface area contributed by atoms with Gasteiger partial charge in [-0.3, -0.25) is 0 Å². The van der Waals surface area contributed by atoms with Crippen LogP contribution < -0.4 is 5.14 Å². The van der Waals surface area contributed by atoms with Crippen LogP contribution in [0.5, 0.6) is 0 Å². The summed E-state index contributed by atoms with van der Waals surface area (Å²) in [4.78, 5) is 0.0607. The zero-order valence-corrected chi connectivity index (χ0v) is 9.77. The minimum Gasteiger partial charge on any atom is -0.483 e. The molecule has 2 N–H and O–H groups in total. The fourth-order valence-corrected chi connectivity index (χ4v) is 1.76. The van der Waals surface area contributed by atoms with Gasteiger partial charge in [-0.15, -0.1) is 0 Å². The predicted octanol–water partition coefficient (Wildman–Crippen LogP) is 1.05. The number of nitrogens with two attached hydrogens (primary N) is 1. The molecule has 0 fully saturated rings. The standard InChI is InChI=1S/C9H11NO3S2/c1-2-13-9(14)7-3-5-8(6-4-7)15(10,11)12/h3-6H,2H2,1H3,(H2,10,11,12). The third-order valence-electron chi connectivity index (χ3n) is 1.69. The molecule has 0 atom stereocenters. The second-order valence-corrected chi connectivity index (χ2v) is 4.72. The van der Waals surface area contributed by atoms with Crippen molar-refractivity contribution < 1.29 is 13.2 Å². The summed E-state index contributed by atoms with van der Waals surface area (Å²) in [5, 5.41) is 5.30. The van der Waals surface area contributed by atoms with Crippen molar-refractivity contribution >= 4 is 27.3 Å². The van der Waals surface area contributed by atoms with Crippen LogP contribution >= 0.6 is 12.2 Å². The average Bonchev–Trinajstić information content (AvgIpc) is 2.17. The first-order valence-electron chi connectivity index (χ1n) is 4.25. The largest absolute Gasteiger partial charge is 0.483 e. The van der Waals surface area contributed by atoms with Gasteiger partial charge in [0.2, 0.25) is 10.0 Å². The number of sulfonamides is 1. The van der Waals surface area contributed by atoms with Gasteiger partial charge in [-0.25, -0.2) is 13.6 Å². The van der Waals surface area contributed by atoms with Crippen LogP contribution in [0.25, 0.3) is 0 Å². The highest BCUT2D eigenvalue weighted by atomic mass is 32.2. The SMILES string of the molecule is CCOC(=S)c1ccc(S(N)(=O)=O)cc1. The zero-order valence-electron chi connectivity index (χ0n) is 8.14. The normalized spacial score (nSPS) is 11.1. The Balaban J connectivity index is 2.96. The van der Waals surface area contributed by atoms with E-state index in [4.69, 9.17) is 22.1 Å². The lowest BCUT2D eigenvalue weighted by molar-refractivity contribution is 0.337. The summed E-state index contributed by atoms with van der Waals surface area (Å²) >= 11 is 4.95. The van der Waals surface area contributed by atoms with Crippen molar-refractivity contribution in [3.63, 3.8) is 0 Å². The highest BCUT2D eigenvalue weighted by molar-refractivity contribution is 7.89. The van der Waals surface area contributed by atoms with Crippen molar-refractivity contribution in [3.05, 3.63) is 29.8 Å². The quantitative estimate of drug-likeness (QED) is 0.808. The Morgan fingerprint density at radius 3 is 2.33 bits per heavy atom. The molecular formula is C9H11NO3S2. The molecule has 0 bridgehead atoms. The van der Waals surface area contributed by atoms with Gasteiger partial charge in [0.25, 0.3) is 0 Å². The van der Waals surface area contributed by atoms with Crippen LogP contribution in [-0.4, -0.2) is 20.1 Å². The summed E-state index contributed by atoms with van der Waals surface area (Å²) in [6, 6.07) is 5.93. The Morgan fingerprint density at radius 1 is 1.40 bits per heavy atom. The highest BCUT2D eigenvalue weighted by Gasteiger charge is 2.08. The lowest BCUT2D eigenvalue weighted by atomic mass is 10.2. The third-order valence-corrected chi connectivity index (χ3v) is 2.98. The van der Waals surface area contributed by atoms with Crippen LogP contribution in [0.4, 0.5) is 0 Å². The zero-order chi connectivity index (χ0) is 11.5. The first-order valence-corrected chi connectivity index (χ1v) is 6.20. The van der Waals surface area contributed by atoms with Crippen molar-refractivity contribution in [1.82, 2.24) is 0 Å². The Kier molecular flexibility index (Phi) is 3.78. The number of primary sulfonamides is 1. The van der Waals surface area contributed by atoms with Gasteiger partial charge in [-0.1, -0.05) is 0 Å². The molecule has 0 radical (unpaired) electrons. The van der Waals surface area contributed by atoms with Gasteiger partial charge in [0.05, 0.1) is 11.5 Å². The van der Waals surface area contributed by atoms with E-state index in [1.54, 1.807) is 12.1 Å². The number of rotatable bonds is 3. The average molecular weight is 245 g/mol. The molecule has 1 aromatic carbocycles. The number of ether oxygens (including phenoxy) is 1. The van der Waals surface area contributed by atoms with Crippen LogP contribution in [0.1, 0.15) is 12.5 Å². The predicted molar refractivity (Wildman–Crippen MR) is 61.1 cm³/mol. The molecule has 15 heavy (non-hydrogen) atoms. The first kappa shape index (κ1) is 12.1. The molecule has 0 aliphatic carbocycles. The second kappa shape index (κ2) is 4.69. The van der Waals surface area contributed by atoms with Crippen molar-refractivity contribution in [2.24, 2.45) is 5.14 Å². The van der Waals surface area contributed by atoms with E-state index < -0.39 is 10.0 Å². The summed E-state index contributed by atoms with van der Waals surface area (Å²) in [6.07, 6.45) is 0. The molecule has 0 saturated carbocycles. The van der Waals surface area contributed by atoms with E-state index in [-0.39, 0.29) is 4.90 Å². The molecule has 0 heterocycles. The van der Waals surface area contributed by atoms with E-state index in [1.807, 2.05) is 6.92 Å². The fourth-order valence-electron chi connectivity index (χ4n) is 0.995. The second-order valence-electron chi connectivity index (χ2n) is 2.79. The van der Waals surface area contributed by atoms with E-state index in [2.05, 4.69) is 0 Å². The van der Waals surface area contributed by atoms with Gasteiger partial charge in [0.1, 0.15) is 0 Å². The van der Waals surface area contributed by atoms with Gasteiger partial charge in [-0.05, 0) is 43.4 Å². The van der Waals surface area contributed by atoms with Crippen molar-refractivity contribution in [2.45, 2.75) is 11.8 Å². The smallest absolute Gasteiger partial charge is 0.238 e. The minimum atomic E-state index is -3.64. The molecule has 4 nitrogen and oxygen atoms in total. The molecule has 0 aliphatic heterocycles. The van der Waals surface area contributed by atoms with Gasteiger partial charge in [0, 0.05) is 5.56 Å². The summed E-state index contributed by atoms with van der Waals surface area (Å²) in [7, 11) is -3.64. The van der Waals surface area contributed by atoms with Gasteiger partial charge >= 0.3 is 0 Å². The first-order chi connectivity index (χ1) is 6.95. The van der Waals surface area contributed by atoms with Gasteiger partial charge < -0.3 is 4.74 Å². The lowest BCUT2D eigenvalue weighted by Gasteiger charge is -2.05. The van der Waals surface area contributed by atoms with E-state index in [0.717, 1.165) is 0 Å². The van der Waals surface area contributed by atoms with E-state index in [0.29, 0.717) is 17.2 Å². The number of thiocarbonyl (C=S) groups is 1. The monoisotopic (exact) mass is 245 g/mol. The number of hydrogen-bond acceptors (Lipinski definition) is 4. The summed E-state index contributed by atoms with van der Waals surface area (Å²) < 4.78 is 27.0. The minimum absolute atomic E-state index is 0.0607. The van der Waals surface area contributed by atoms with Gasteiger partial charge in [-0.2, -0.15) is 0 Å². The Hall–Kier alpha value is -0.980. The van der Waals surface area contributed by atoms with E-state index in [9.17, 15) is 8.42 Å². The Morgan fingerprint density at radius 2 is 1.93 bits per heavy atom. The summed E-state index contributed by atoms with van der Waals surface area (Å²) in [5.41, 5.74) is 0.666. The van der Waals surface area contributed by atoms with Crippen molar-refractivity contribution in [1.29, 1.82) is 0 Å².